The van der Waals surface area contributed by atoms with Gasteiger partial charge in [0.2, 0.25) is 0 Å². The number of alkyl halides is 3. The number of benzene rings is 3. The second-order valence-electron chi connectivity index (χ2n) is 5.95. The van der Waals surface area contributed by atoms with Crippen LogP contribution in [0.5, 0.6) is 0 Å². The molecule has 0 fully saturated rings. The number of carbonyl (C=O) groups is 1. The predicted octanol–water partition coefficient (Wildman–Crippen LogP) is 6.90. The van der Waals surface area contributed by atoms with Crippen LogP contribution in [0.3, 0.4) is 0 Å². The van der Waals surface area contributed by atoms with Crippen LogP contribution in [-0.2, 0) is 11.9 Å². The number of thioether (sulfide) groups is 1. The summed E-state index contributed by atoms with van der Waals surface area (Å²) in [5.74, 6) is 0.217. The summed E-state index contributed by atoms with van der Waals surface area (Å²) < 4.78 is 38.5. The van der Waals surface area contributed by atoms with Crippen molar-refractivity contribution in [2.45, 2.75) is 16.8 Å². The van der Waals surface area contributed by atoms with Crippen molar-refractivity contribution in [1.82, 2.24) is 0 Å². The van der Waals surface area contributed by atoms with Crippen LogP contribution in [0.25, 0.3) is 0 Å². The Morgan fingerprint density at radius 3 is 2.29 bits per heavy atom. The minimum atomic E-state index is -4.51. The van der Waals surface area contributed by atoms with Crippen molar-refractivity contribution in [2.24, 2.45) is 0 Å². The lowest BCUT2D eigenvalue weighted by Crippen LogP contribution is -2.13. The van der Waals surface area contributed by atoms with Crippen molar-refractivity contribution in [2.75, 3.05) is 5.32 Å². The van der Waals surface area contributed by atoms with E-state index in [9.17, 15) is 18.0 Å². The number of halogens is 4. The largest absolute Gasteiger partial charge is 0.416 e. The lowest BCUT2D eigenvalue weighted by Gasteiger charge is -2.12. The first kappa shape index (κ1) is 20.3. The van der Waals surface area contributed by atoms with Crippen molar-refractivity contribution in [3.8, 4) is 0 Å². The van der Waals surface area contributed by atoms with Gasteiger partial charge in [-0.2, -0.15) is 13.2 Å². The van der Waals surface area contributed by atoms with Gasteiger partial charge in [-0.05, 0) is 48.0 Å². The Bertz CT molecular complexity index is 960. The zero-order chi connectivity index (χ0) is 20.1. The van der Waals surface area contributed by atoms with Crippen molar-refractivity contribution >= 4 is 35.0 Å². The predicted molar refractivity (Wildman–Crippen MR) is 107 cm³/mol. The van der Waals surface area contributed by atoms with E-state index in [-0.39, 0.29) is 10.7 Å². The molecule has 0 aliphatic carbocycles. The monoisotopic (exact) mass is 421 g/mol. The van der Waals surface area contributed by atoms with Crippen molar-refractivity contribution < 1.29 is 18.0 Å². The molecule has 0 spiro atoms. The normalized spacial score (nSPS) is 11.3. The van der Waals surface area contributed by atoms with Crippen LogP contribution < -0.4 is 5.32 Å². The van der Waals surface area contributed by atoms with Crippen LogP contribution in [0.4, 0.5) is 18.9 Å². The molecule has 0 aromatic heterocycles. The van der Waals surface area contributed by atoms with E-state index in [2.05, 4.69) is 5.32 Å². The van der Waals surface area contributed by atoms with Gasteiger partial charge in [-0.1, -0.05) is 41.9 Å². The first-order valence-electron chi connectivity index (χ1n) is 8.28. The quantitative estimate of drug-likeness (QED) is 0.454. The highest BCUT2D eigenvalue weighted by atomic mass is 35.5. The second kappa shape index (κ2) is 8.71. The van der Waals surface area contributed by atoms with E-state index in [0.717, 1.165) is 34.4 Å². The van der Waals surface area contributed by atoms with Crippen LogP contribution in [0.15, 0.2) is 77.7 Å². The van der Waals surface area contributed by atoms with Gasteiger partial charge in [0, 0.05) is 16.2 Å². The summed E-state index contributed by atoms with van der Waals surface area (Å²) in [5, 5.41) is 2.48. The maximum atomic E-state index is 12.8. The smallest absolute Gasteiger partial charge is 0.321 e. The molecule has 0 unspecified atom stereocenters. The third kappa shape index (κ3) is 5.30. The summed E-state index contributed by atoms with van der Waals surface area (Å²) in [6.45, 7) is 0. The number of carbonyl (C=O) groups excluding carboxylic acids is 1. The zero-order valence-electron chi connectivity index (χ0n) is 14.5. The van der Waals surface area contributed by atoms with Gasteiger partial charge >= 0.3 is 6.18 Å². The molecule has 7 heteroatoms. The van der Waals surface area contributed by atoms with Crippen LogP contribution in [0.1, 0.15) is 21.5 Å². The third-order valence-corrected chi connectivity index (χ3v) is 5.32. The average molecular weight is 422 g/mol. The molecule has 0 radical (unpaired) electrons. The molecule has 0 bridgehead atoms. The van der Waals surface area contributed by atoms with E-state index < -0.39 is 17.6 Å². The Balaban J connectivity index is 1.66. The molecule has 1 N–H and O–H groups in total. The topological polar surface area (TPSA) is 29.1 Å². The molecule has 0 saturated carbocycles. The van der Waals surface area contributed by atoms with Crippen LogP contribution in [-0.4, -0.2) is 5.91 Å². The van der Waals surface area contributed by atoms with Crippen molar-refractivity contribution in [3.05, 3.63) is 94.5 Å². The molecule has 0 aliphatic rings. The maximum Gasteiger partial charge on any atom is 0.416 e. The molecule has 144 valence electrons. The highest BCUT2D eigenvalue weighted by molar-refractivity contribution is 7.98. The fraction of sp³-hybridized carbons (Fsp3) is 0.0952. The lowest BCUT2D eigenvalue weighted by molar-refractivity contribution is -0.137. The Kier molecular flexibility index (Phi) is 6.31. The van der Waals surface area contributed by atoms with Gasteiger partial charge in [-0.25, -0.2) is 0 Å². The Hall–Kier alpha value is -2.44. The number of hydrogen-bond acceptors (Lipinski definition) is 2. The lowest BCUT2D eigenvalue weighted by atomic mass is 10.1. The molecular formula is C21H15ClF3NOS. The summed E-state index contributed by atoms with van der Waals surface area (Å²) in [7, 11) is 0. The molecule has 0 saturated heterocycles. The zero-order valence-corrected chi connectivity index (χ0v) is 16.0. The molecule has 0 heterocycles. The first-order chi connectivity index (χ1) is 13.3. The summed E-state index contributed by atoms with van der Waals surface area (Å²) in [6.07, 6.45) is -4.51. The average Bonchev–Trinajstić information content (AvgIpc) is 2.68. The molecule has 0 atom stereocenters. The number of hydrogen-bond donors (Lipinski definition) is 1. The van der Waals surface area contributed by atoms with Crippen LogP contribution >= 0.6 is 23.4 Å². The molecule has 2 nitrogen and oxygen atoms in total. The van der Waals surface area contributed by atoms with Gasteiger partial charge in [0.1, 0.15) is 0 Å². The second-order valence-corrected chi connectivity index (χ2v) is 7.40. The highest BCUT2D eigenvalue weighted by Crippen LogP contribution is 2.34. The molecule has 1 amide bonds. The molecule has 3 aromatic rings. The SMILES string of the molecule is O=C(Nc1cc(C(F)(F)F)ccc1Cl)c1ccc(CSc2ccccc2)cc1. The summed E-state index contributed by atoms with van der Waals surface area (Å²) >= 11 is 7.59. The highest BCUT2D eigenvalue weighted by Gasteiger charge is 2.31. The molecule has 0 aliphatic heterocycles. The van der Waals surface area contributed by atoms with Crippen molar-refractivity contribution in [3.63, 3.8) is 0 Å². The standard InChI is InChI=1S/C21H15ClF3NOS/c22-18-11-10-16(21(23,24)25)12-19(18)26-20(27)15-8-6-14(7-9-15)13-28-17-4-2-1-3-5-17/h1-12H,13H2,(H,26,27). The number of rotatable bonds is 5. The van der Waals surface area contributed by atoms with Gasteiger partial charge in [0.15, 0.2) is 0 Å². The van der Waals surface area contributed by atoms with Gasteiger partial charge in [-0.3, -0.25) is 4.79 Å². The van der Waals surface area contributed by atoms with Crippen LogP contribution in [0.2, 0.25) is 5.02 Å². The summed E-state index contributed by atoms with van der Waals surface area (Å²) in [6, 6.07) is 19.6. The minimum Gasteiger partial charge on any atom is -0.321 e. The fourth-order valence-corrected chi connectivity index (χ4v) is 3.47. The molecule has 3 rings (SSSR count). The fourth-order valence-electron chi connectivity index (χ4n) is 2.43. The number of anilines is 1. The minimum absolute atomic E-state index is 0.0391. The van der Waals surface area contributed by atoms with Gasteiger partial charge in [0.25, 0.3) is 5.91 Å². The number of amides is 1. The van der Waals surface area contributed by atoms with E-state index in [1.807, 2.05) is 42.5 Å². The Morgan fingerprint density at radius 1 is 0.964 bits per heavy atom. The number of nitrogens with one attached hydrogen (secondary N) is 1. The van der Waals surface area contributed by atoms with Gasteiger partial charge in [-0.15, -0.1) is 11.8 Å². The molecular weight excluding hydrogens is 407 g/mol. The Labute approximate surface area is 169 Å². The van der Waals surface area contributed by atoms with E-state index in [1.54, 1.807) is 23.9 Å². The van der Waals surface area contributed by atoms with Gasteiger partial charge < -0.3 is 5.32 Å². The Morgan fingerprint density at radius 2 is 1.64 bits per heavy atom. The van der Waals surface area contributed by atoms with Crippen LogP contribution in [0, 0.1) is 0 Å². The molecule has 28 heavy (non-hydrogen) atoms. The van der Waals surface area contributed by atoms with E-state index in [4.69, 9.17) is 11.6 Å². The summed E-state index contributed by atoms with van der Waals surface area (Å²) in [5.41, 5.74) is 0.412. The van der Waals surface area contributed by atoms with Gasteiger partial charge in [0.05, 0.1) is 16.3 Å². The molecule has 3 aromatic carbocycles. The third-order valence-electron chi connectivity index (χ3n) is 3.91. The first-order valence-corrected chi connectivity index (χ1v) is 9.64. The van der Waals surface area contributed by atoms with Crippen molar-refractivity contribution in [1.29, 1.82) is 0 Å². The van der Waals surface area contributed by atoms with E-state index >= 15 is 0 Å². The maximum absolute atomic E-state index is 12.8. The van der Waals surface area contributed by atoms with E-state index in [0.29, 0.717) is 5.56 Å². The van der Waals surface area contributed by atoms with E-state index in [1.165, 1.54) is 0 Å². The summed E-state index contributed by atoms with van der Waals surface area (Å²) in [4.78, 5) is 13.5.